The number of ketones is 1. The van der Waals surface area contributed by atoms with Crippen LogP contribution in [-0.2, 0) is 14.0 Å². The number of hydrogen-bond acceptors (Lipinski definition) is 5. The molecule has 1 aliphatic rings. The van der Waals surface area contributed by atoms with Crippen LogP contribution in [0, 0.1) is 5.92 Å². The van der Waals surface area contributed by atoms with E-state index in [0.717, 1.165) is 11.0 Å². The van der Waals surface area contributed by atoms with Gasteiger partial charge >= 0.3 is 13.2 Å². The average molecular weight is 429 g/mol. The van der Waals surface area contributed by atoms with Crippen molar-refractivity contribution in [2.24, 2.45) is 5.92 Å². The Bertz CT molecular complexity index is 819. The summed E-state index contributed by atoms with van der Waals surface area (Å²) in [6.45, 7) is 17.4. The fourth-order valence-corrected chi connectivity index (χ4v) is 2.98. The van der Waals surface area contributed by atoms with Gasteiger partial charge in [0.1, 0.15) is 5.60 Å². The highest BCUT2D eigenvalue weighted by Gasteiger charge is 2.52. The lowest BCUT2D eigenvalue weighted by molar-refractivity contribution is 0.00578. The van der Waals surface area contributed by atoms with Crippen molar-refractivity contribution in [3.63, 3.8) is 0 Å². The monoisotopic (exact) mass is 429 g/mol. The summed E-state index contributed by atoms with van der Waals surface area (Å²) in [7, 11) is -0.614. The van der Waals surface area contributed by atoms with Crippen molar-refractivity contribution in [1.82, 2.24) is 5.32 Å². The predicted octanol–water partition coefficient (Wildman–Crippen LogP) is 5.06. The maximum absolute atomic E-state index is 12.2. The number of nitrogens with one attached hydrogen (secondary N) is 1. The first-order valence-electron chi connectivity index (χ1n) is 10.8. The Kier molecular flexibility index (Phi) is 7.44. The highest BCUT2D eigenvalue weighted by atomic mass is 16.7. The van der Waals surface area contributed by atoms with Gasteiger partial charge in [0.2, 0.25) is 0 Å². The van der Waals surface area contributed by atoms with Gasteiger partial charge in [0.25, 0.3) is 0 Å². The minimum atomic E-state index is -0.614. The van der Waals surface area contributed by atoms with E-state index in [9.17, 15) is 9.59 Å². The highest BCUT2D eigenvalue weighted by molar-refractivity contribution is 6.56. The van der Waals surface area contributed by atoms with Gasteiger partial charge in [-0.1, -0.05) is 44.2 Å². The molecule has 6 nitrogen and oxygen atoms in total. The van der Waals surface area contributed by atoms with Gasteiger partial charge in [-0.25, -0.2) is 4.79 Å². The zero-order chi connectivity index (χ0) is 23.6. The Morgan fingerprint density at radius 2 is 1.58 bits per heavy atom. The molecule has 1 fully saturated rings. The van der Waals surface area contributed by atoms with Gasteiger partial charge < -0.3 is 19.4 Å². The number of hydrogen-bond donors (Lipinski definition) is 1. The summed E-state index contributed by atoms with van der Waals surface area (Å²) < 4.78 is 17.7. The van der Waals surface area contributed by atoms with E-state index in [1.165, 1.54) is 0 Å². The van der Waals surface area contributed by atoms with E-state index in [0.29, 0.717) is 5.56 Å². The van der Waals surface area contributed by atoms with Crippen molar-refractivity contribution >= 4 is 25.1 Å². The van der Waals surface area contributed by atoms with Crippen LogP contribution in [0.4, 0.5) is 4.79 Å². The predicted molar refractivity (Wildman–Crippen MR) is 124 cm³/mol. The van der Waals surface area contributed by atoms with Crippen molar-refractivity contribution < 1.29 is 23.6 Å². The number of Topliss-reactive ketones (excluding diaryl/α,β-unsaturated/α-hetero) is 1. The third-order valence-corrected chi connectivity index (χ3v) is 5.46. The molecule has 1 N–H and O–H groups in total. The van der Waals surface area contributed by atoms with E-state index in [1.54, 1.807) is 0 Å². The van der Waals surface area contributed by atoms with Crippen LogP contribution in [0.2, 0.25) is 0 Å². The second-order valence-corrected chi connectivity index (χ2v) is 10.3. The van der Waals surface area contributed by atoms with Gasteiger partial charge in [-0.2, -0.15) is 0 Å². The van der Waals surface area contributed by atoms with Crippen molar-refractivity contribution in [3.8, 4) is 0 Å². The Morgan fingerprint density at radius 1 is 1.06 bits per heavy atom. The normalized spacial score (nSPS) is 18.3. The molecule has 0 saturated carbocycles. The zero-order valence-corrected chi connectivity index (χ0v) is 20.3. The summed E-state index contributed by atoms with van der Waals surface area (Å²) in [5.74, 6) is 0.0491. The summed E-state index contributed by atoms with van der Waals surface area (Å²) >= 11 is 0. The summed E-state index contributed by atoms with van der Waals surface area (Å²) in [4.78, 5) is 24.4. The number of ether oxygens (including phenoxy) is 1. The molecular formula is C24H36BNO5. The molecule has 1 amide bonds. The van der Waals surface area contributed by atoms with Crippen molar-refractivity contribution in [3.05, 3.63) is 40.9 Å². The molecule has 0 bridgehead atoms. The Labute approximate surface area is 186 Å². The van der Waals surface area contributed by atoms with E-state index in [1.807, 2.05) is 92.7 Å². The Morgan fingerprint density at radius 3 is 2.03 bits per heavy atom. The van der Waals surface area contributed by atoms with Gasteiger partial charge in [-0.05, 0) is 59.5 Å². The SMILES string of the molecule is CC(C)C(=O)c1ccc(C=C(CNC(=O)OC(C)(C)C)B2OC(C)(C)C(C)(C)O2)cc1. The molecule has 0 atom stereocenters. The molecule has 1 saturated heterocycles. The minimum absolute atomic E-state index is 0.0558. The smallest absolute Gasteiger partial charge is 0.444 e. The first kappa shape index (κ1) is 25.1. The average Bonchev–Trinajstić information content (AvgIpc) is 2.84. The maximum Gasteiger partial charge on any atom is 0.492 e. The van der Waals surface area contributed by atoms with Gasteiger partial charge in [-0.15, -0.1) is 0 Å². The van der Waals surface area contributed by atoms with Crippen LogP contribution in [0.1, 0.15) is 78.2 Å². The first-order valence-corrected chi connectivity index (χ1v) is 10.8. The third kappa shape index (κ3) is 6.68. The number of carbonyl (C=O) groups is 2. The van der Waals surface area contributed by atoms with Crippen LogP contribution in [0.15, 0.2) is 29.7 Å². The molecule has 2 rings (SSSR count). The molecule has 1 aromatic carbocycles. The molecule has 0 aliphatic carbocycles. The van der Waals surface area contributed by atoms with E-state index in [2.05, 4.69) is 5.32 Å². The molecule has 0 unspecified atom stereocenters. The number of carbonyl (C=O) groups excluding carboxylic acids is 2. The van der Waals surface area contributed by atoms with E-state index in [-0.39, 0.29) is 18.2 Å². The summed E-state index contributed by atoms with van der Waals surface area (Å²) in [5, 5.41) is 2.79. The van der Waals surface area contributed by atoms with Crippen LogP contribution in [0.5, 0.6) is 0 Å². The quantitative estimate of drug-likeness (QED) is 0.505. The Hall–Kier alpha value is -2.12. The lowest BCUT2D eigenvalue weighted by atomic mass is 9.77. The van der Waals surface area contributed by atoms with Gasteiger partial charge in [-0.3, -0.25) is 4.79 Å². The van der Waals surface area contributed by atoms with Gasteiger partial charge in [0, 0.05) is 18.0 Å². The molecule has 170 valence electrons. The molecule has 1 heterocycles. The van der Waals surface area contributed by atoms with Crippen molar-refractivity contribution in [1.29, 1.82) is 0 Å². The number of amides is 1. The summed E-state index contributed by atoms with van der Waals surface area (Å²) in [5.41, 5.74) is 0.725. The lowest BCUT2D eigenvalue weighted by Gasteiger charge is -2.32. The largest absolute Gasteiger partial charge is 0.492 e. The van der Waals surface area contributed by atoms with Crippen LogP contribution >= 0.6 is 0 Å². The second-order valence-electron chi connectivity index (χ2n) is 10.3. The van der Waals surface area contributed by atoms with Gasteiger partial charge in [0.15, 0.2) is 5.78 Å². The highest BCUT2D eigenvalue weighted by Crippen LogP contribution is 2.38. The fourth-order valence-electron chi connectivity index (χ4n) is 2.98. The summed E-state index contributed by atoms with van der Waals surface area (Å²) in [6, 6.07) is 7.40. The third-order valence-electron chi connectivity index (χ3n) is 5.46. The number of rotatable bonds is 6. The molecular weight excluding hydrogens is 393 g/mol. The van der Waals surface area contributed by atoms with E-state index in [4.69, 9.17) is 14.0 Å². The van der Waals surface area contributed by atoms with E-state index >= 15 is 0 Å². The molecule has 0 spiro atoms. The lowest BCUT2D eigenvalue weighted by Crippen LogP contribution is -2.41. The topological polar surface area (TPSA) is 73.9 Å². The first-order chi connectivity index (χ1) is 14.1. The fraction of sp³-hybridized carbons (Fsp3) is 0.583. The standard InChI is InChI=1S/C24H36BNO5/c1-16(2)20(27)18-12-10-17(11-13-18)14-19(15-26-21(28)29-22(3,4)5)25-30-23(6,7)24(8,9)31-25/h10-14,16H,15H2,1-9H3,(H,26,28). The summed E-state index contributed by atoms with van der Waals surface area (Å²) in [6.07, 6.45) is 1.41. The number of benzene rings is 1. The Balaban J connectivity index is 2.27. The van der Waals surface area contributed by atoms with Crippen molar-refractivity contribution in [2.75, 3.05) is 6.54 Å². The van der Waals surface area contributed by atoms with E-state index < -0.39 is 30.0 Å². The van der Waals surface area contributed by atoms with Crippen LogP contribution in [0.25, 0.3) is 6.08 Å². The molecule has 1 aliphatic heterocycles. The molecule has 0 aromatic heterocycles. The van der Waals surface area contributed by atoms with Crippen LogP contribution in [-0.4, -0.2) is 42.3 Å². The molecule has 1 aromatic rings. The minimum Gasteiger partial charge on any atom is -0.444 e. The molecule has 31 heavy (non-hydrogen) atoms. The second kappa shape index (κ2) is 9.17. The van der Waals surface area contributed by atoms with Crippen LogP contribution in [0.3, 0.4) is 0 Å². The maximum atomic E-state index is 12.2. The molecule has 7 heteroatoms. The zero-order valence-electron chi connectivity index (χ0n) is 20.3. The molecule has 0 radical (unpaired) electrons. The van der Waals surface area contributed by atoms with Crippen molar-refractivity contribution in [2.45, 2.75) is 79.1 Å². The number of alkyl carbamates (subject to hydrolysis) is 1. The van der Waals surface area contributed by atoms with Gasteiger partial charge in [0.05, 0.1) is 11.2 Å². The van der Waals surface area contributed by atoms with Crippen LogP contribution < -0.4 is 5.32 Å².